The molecular weight excluding hydrogens is 318 g/mol. The molecule has 1 aliphatic rings. The summed E-state index contributed by atoms with van der Waals surface area (Å²) >= 11 is 1.64. The second kappa shape index (κ2) is 8.97. The Bertz CT molecular complexity index is 607. The second-order valence-corrected chi connectivity index (χ2v) is 7.24. The van der Waals surface area contributed by atoms with Gasteiger partial charge in [0.15, 0.2) is 0 Å². The summed E-state index contributed by atoms with van der Waals surface area (Å²) < 4.78 is 0. The van der Waals surface area contributed by atoms with Gasteiger partial charge in [-0.05, 0) is 17.0 Å². The van der Waals surface area contributed by atoms with E-state index in [-0.39, 0.29) is 5.91 Å². The first kappa shape index (κ1) is 17.1. The number of hydrogen-bond acceptors (Lipinski definition) is 4. The van der Waals surface area contributed by atoms with Crippen LogP contribution in [0, 0.1) is 0 Å². The lowest BCUT2D eigenvalue weighted by atomic mass is 10.2. The Balaban J connectivity index is 1.30. The second-order valence-electron chi connectivity index (χ2n) is 6.21. The molecule has 1 aromatic carbocycles. The van der Waals surface area contributed by atoms with E-state index >= 15 is 0 Å². The van der Waals surface area contributed by atoms with Crippen LogP contribution >= 0.6 is 11.3 Å². The number of carbonyl (C=O) groups excluding carboxylic acids is 1. The van der Waals surface area contributed by atoms with Crippen molar-refractivity contribution in [3.63, 3.8) is 0 Å². The summed E-state index contributed by atoms with van der Waals surface area (Å²) in [5.74, 6) is 0.125. The molecular formula is C19H25N3OS. The topological polar surface area (TPSA) is 35.6 Å². The summed E-state index contributed by atoms with van der Waals surface area (Å²) in [5, 5.41) is 5.04. The van der Waals surface area contributed by atoms with E-state index in [9.17, 15) is 4.79 Å². The van der Waals surface area contributed by atoms with Gasteiger partial charge in [0.25, 0.3) is 0 Å². The van der Waals surface area contributed by atoms with Gasteiger partial charge in [0, 0.05) is 50.7 Å². The first-order valence-corrected chi connectivity index (χ1v) is 9.45. The molecule has 2 aromatic rings. The van der Waals surface area contributed by atoms with Crippen LogP contribution in [0.25, 0.3) is 0 Å². The normalized spacial score (nSPS) is 16.2. The monoisotopic (exact) mass is 343 g/mol. The molecule has 2 heterocycles. The number of piperazine rings is 1. The highest BCUT2D eigenvalue weighted by Gasteiger charge is 2.16. The van der Waals surface area contributed by atoms with E-state index < -0.39 is 0 Å². The zero-order chi connectivity index (χ0) is 16.6. The summed E-state index contributed by atoms with van der Waals surface area (Å²) in [6.45, 7) is 7.06. The van der Waals surface area contributed by atoms with E-state index in [1.54, 1.807) is 11.3 Å². The molecule has 1 fully saturated rings. The summed E-state index contributed by atoms with van der Waals surface area (Å²) in [7, 11) is 0. The maximum absolute atomic E-state index is 11.9. The van der Waals surface area contributed by atoms with Gasteiger partial charge in [0.05, 0.1) is 6.42 Å². The van der Waals surface area contributed by atoms with E-state index in [4.69, 9.17) is 0 Å². The zero-order valence-corrected chi connectivity index (χ0v) is 14.8. The fourth-order valence-electron chi connectivity index (χ4n) is 3.00. The molecule has 1 amide bonds. The molecule has 0 unspecified atom stereocenters. The van der Waals surface area contributed by atoms with Crippen molar-refractivity contribution in [2.24, 2.45) is 0 Å². The van der Waals surface area contributed by atoms with Crippen LogP contribution in [-0.2, 0) is 17.8 Å². The Labute approximate surface area is 148 Å². The predicted molar refractivity (Wildman–Crippen MR) is 99.2 cm³/mol. The Morgan fingerprint density at radius 1 is 1.00 bits per heavy atom. The minimum absolute atomic E-state index is 0.125. The van der Waals surface area contributed by atoms with Gasteiger partial charge in [-0.2, -0.15) is 0 Å². The highest BCUT2D eigenvalue weighted by molar-refractivity contribution is 7.10. The molecule has 0 atom stereocenters. The SMILES string of the molecule is O=C(Cc1cccs1)NCCN1CCN(Cc2ccccc2)CC1. The van der Waals surface area contributed by atoms with Gasteiger partial charge in [-0.25, -0.2) is 0 Å². The standard InChI is InChI=1S/C19H25N3OS/c23-19(15-18-7-4-14-24-18)20-8-9-21-10-12-22(13-11-21)16-17-5-2-1-3-6-17/h1-7,14H,8-13,15-16H2,(H,20,23). The molecule has 0 bridgehead atoms. The number of nitrogens with one attached hydrogen (secondary N) is 1. The quantitative estimate of drug-likeness (QED) is 0.837. The van der Waals surface area contributed by atoms with Crippen molar-refractivity contribution >= 4 is 17.2 Å². The maximum atomic E-state index is 11.9. The third-order valence-corrected chi connectivity index (χ3v) is 5.26. The molecule has 0 aliphatic carbocycles. The summed E-state index contributed by atoms with van der Waals surface area (Å²) in [4.78, 5) is 17.9. The number of hydrogen-bond donors (Lipinski definition) is 1. The van der Waals surface area contributed by atoms with Crippen molar-refractivity contribution in [2.45, 2.75) is 13.0 Å². The molecule has 24 heavy (non-hydrogen) atoms. The van der Waals surface area contributed by atoms with Gasteiger partial charge in [0.1, 0.15) is 0 Å². The fourth-order valence-corrected chi connectivity index (χ4v) is 3.70. The van der Waals surface area contributed by atoms with Crippen molar-refractivity contribution < 1.29 is 4.79 Å². The summed E-state index contributed by atoms with van der Waals surface area (Å²) in [6, 6.07) is 14.6. The van der Waals surface area contributed by atoms with Crippen LogP contribution in [0.1, 0.15) is 10.4 Å². The molecule has 1 N–H and O–H groups in total. The van der Waals surface area contributed by atoms with Crippen LogP contribution in [0.4, 0.5) is 0 Å². The molecule has 1 aliphatic heterocycles. The van der Waals surface area contributed by atoms with E-state index in [0.717, 1.165) is 50.7 Å². The molecule has 5 heteroatoms. The number of benzene rings is 1. The Morgan fingerprint density at radius 2 is 1.75 bits per heavy atom. The van der Waals surface area contributed by atoms with Crippen LogP contribution in [0.2, 0.25) is 0 Å². The smallest absolute Gasteiger partial charge is 0.225 e. The van der Waals surface area contributed by atoms with Crippen LogP contribution in [0.5, 0.6) is 0 Å². The molecule has 4 nitrogen and oxygen atoms in total. The minimum atomic E-state index is 0.125. The maximum Gasteiger partial charge on any atom is 0.225 e. The van der Waals surface area contributed by atoms with Gasteiger partial charge in [-0.1, -0.05) is 36.4 Å². The van der Waals surface area contributed by atoms with Gasteiger partial charge >= 0.3 is 0 Å². The van der Waals surface area contributed by atoms with E-state index in [0.29, 0.717) is 6.42 Å². The third kappa shape index (κ3) is 5.44. The average Bonchev–Trinajstić information content (AvgIpc) is 3.10. The zero-order valence-electron chi connectivity index (χ0n) is 14.0. The first-order chi connectivity index (χ1) is 11.8. The van der Waals surface area contributed by atoms with Crippen LogP contribution < -0.4 is 5.32 Å². The van der Waals surface area contributed by atoms with E-state index in [1.807, 2.05) is 17.5 Å². The minimum Gasteiger partial charge on any atom is -0.355 e. The van der Waals surface area contributed by atoms with Crippen molar-refractivity contribution in [1.29, 1.82) is 0 Å². The van der Waals surface area contributed by atoms with Crippen molar-refractivity contribution in [3.05, 3.63) is 58.3 Å². The number of rotatable bonds is 7. The number of nitrogens with zero attached hydrogens (tertiary/aromatic N) is 2. The van der Waals surface area contributed by atoms with Crippen molar-refractivity contribution in [1.82, 2.24) is 15.1 Å². The first-order valence-electron chi connectivity index (χ1n) is 8.57. The van der Waals surface area contributed by atoms with Gasteiger partial charge < -0.3 is 5.32 Å². The van der Waals surface area contributed by atoms with Crippen LogP contribution in [0.15, 0.2) is 47.8 Å². The van der Waals surface area contributed by atoms with Crippen molar-refractivity contribution in [2.75, 3.05) is 39.3 Å². The Kier molecular flexibility index (Phi) is 6.41. The molecule has 1 saturated heterocycles. The van der Waals surface area contributed by atoms with E-state index in [1.165, 1.54) is 5.56 Å². The third-order valence-electron chi connectivity index (χ3n) is 4.38. The summed E-state index contributed by atoms with van der Waals surface area (Å²) in [6.07, 6.45) is 0.503. The molecule has 0 saturated carbocycles. The lowest BCUT2D eigenvalue weighted by Gasteiger charge is -2.34. The molecule has 3 rings (SSSR count). The lowest BCUT2D eigenvalue weighted by molar-refractivity contribution is -0.120. The van der Waals surface area contributed by atoms with Gasteiger partial charge in [-0.15, -0.1) is 11.3 Å². The lowest BCUT2D eigenvalue weighted by Crippen LogP contribution is -2.48. The van der Waals surface area contributed by atoms with Crippen molar-refractivity contribution in [3.8, 4) is 0 Å². The Morgan fingerprint density at radius 3 is 2.46 bits per heavy atom. The summed E-state index contributed by atoms with van der Waals surface area (Å²) in [5.41, 5.74) is 1.38. The molecule has 0 spiro atoms. The van der Waals surface area contributed by atoms with Crippen LogP contribution in [-0.4, -0.2) is 55.0 Å². The fraction of sp³-hybridized carbons (Fsp3) is 0.421. The van der Waals surface area contributed by atoms with E-state index in [2.05, 4.69) is 45.4 Å². The highest BCUT2D eigenvalue weighted by atomic mass is 32.1. The molecule has 0 radical (unpaired) electrons. The highest BCUT2D eigenvalue weighted by Crippen LogP contribution is 2.09. The number of amides is 1. The number of carbonyl (C=O) groups is 1. The van der Waals surface area contributed by atoms with Gasteiger partial charge in [0.2, 0.25) is 5.91 Å². The number of thiophene rings is 1. The molecule has 1 aromatic heterocycles. The average molecular weight is 343 g/mol. The predicted octanol–water partition coefficient (Wildman–Crippen LogP) is 2.22. The van der Waals surface area contributed by atoms with Crippen LogP contribution in [0.3, 0.4) is 0 Å². The van der Waals surface area contributed by atoms with Gasteiger partial charge in [-0.3, -0.25) is 14.6 Å². The molecule has 128 valence electrons. The largest absolute Gasteiger partial charge is 0.355 e. The Hall–Kier alpha value is -1.69.